The van der Waals surface area contributed by atoms with Crippen LogP contribution < -0.4 is 4.90 Å². The zero-order chi connectivity index (χ0) is 9.59. The number of nitrogens with zero attached hydrogens (tertiary/aromatic N) is 1. The summed E-state index contributed by atoms with van der Waals surface area (Å²) in [5, 5.41) is 0. The summed E-state index contributed by atoms with van der Waals surface area (Å²) in [5.74, 6) is -0.910. The molecule has 66 valence electrons. The molecule has 2 rings (SSSR count). The predicted octanol–water partition coefficient (Wildman–Crippen LogP) is 1.61. The molecular weight excluding hydrogens is 234 g/mol. The number of halogens is 1. The van der Waals surface area contributed by atoms with E-state index in [0.29, 0.717) is 15.7 Å². The number of ketones is 1. The minimum Gasteiger partial charge on any atom is -0.308 e. The van der Waals surface area contributed by atoms with Crippen LogP contribution in [-0.2, 0) is 4.79 Å². The number of likely N-dealkylation sites (N-methyl/N-ethyl adjacent to an activating group) is 1. The maximum atomic E-state index is 11.4. The van der Waals surface area contributed by atoms with Gasteiger partial charge >= 0.3 is 0 Å². The van der Waals surface area contributed by atoms with E-state index in [1.54, 1.807) is 25.2 Å². The molecule has 0 bridgehead atoms. The van der Waals surface area contributed by atoms with Crippen LogP contribution in [0.25, 0.3) is 0 Å². The summed E-state index contributed by atoms with van der Waals surface area (Å²) in [5.41, 5.74) is 1.14. The standard InChI is InChI=1S/C9H6BrNO2/c1-11-6-4-2-3-5(10)7(6)8(12)9(11)13/h2-4H,1H3. The van der Waals surface area contributed by atoms with E-state index in [9.17, 15) is 9.59 Å². The highest BCUT2D eigenvalue weighted by molar-refractivity contribution is 9.10. The van der Waals surface area contributed by atoms with Gasteiger partial charge in [-0.25, -0.2) is 0 Å². The summed E-state index contributed by atoms with van der Waals surface area (Å²) >= 11 is 3.24. The van der Waals surface area contributed by atoms with Gasteiger partial charge in [-0.2, -0.15) is 0 Å². The van der Waals surface area contributed by atoms with Gasteiger partial charge in [0, 0.05) is 11.5 Å². The van der Waals surface area contributed by atoms with E-state index in [0.717, 1.165) is 0 Å². The summed E-state index contributed by atoms with van der Waals surface area (Å²) in [6.07, 6.45) is 0. The maximum Gasteiger partial charge on any atom is 0.299 e. The summed E-state index contributed by atoms with van der Waals surface area (Å²) in [4.78, 5) is 24.0. The molecule has 0 N–H and O–H groups in total. The van der Waals surface area contributed by atoms with Crippen molar-refractivity contribution in [1.82, 2.24) is 0 Å². The first-order chi connectivity index (χ1) is 6.13. The van der Waals surface area contributed by atoms with Gasteiger partial charge in [0.2, 0.25) is 0 Å². The fourth-order valence-electron chi connectivity index (χ4n) is 1.39. The summed E-state index contributed by atoms with van der Waals surface area (Å²) in [6.45, 7) is 0. The third kappa shape index (κ3) is 1.02. The van der Waals surface area contributed by atoms with Gasteiger partial charge in [-0.1, -0.05) is 6.07 Å². The Morgan fingerprint density at radius 3 is 2.62 bits per heavy atom. The first-order valence-electron chi connectivity index (χ1n) is 3.74. The SMILES string of the molecule is CN1C(=O)C(=O)c2c(Br)cccc21. The summed E-state index contributed by atoms with van der Waals surface area (Å²) in [7, 11) is 1.60. The third-order valence-electron chi connectivity index (χ3n) is 2.08. The van der Waals surface area contributed by atoms with Crippen LogP contribution in [0.3, 0.4) is 0 Å². The number of carbonyl (C=O) groups is 2. The number of anilines is 1. The van der Waals surface area contributed by atoms with Gasteiger partial charge in [-0.3, -0.25) is 9.59 Å². The molecule has 1 aromatic rings. The molecule has 0 aliphatic carbocycles. The van der Waals surface area contributed by atoms with E-state index in [4.69, 9.17) is 0 Å². The van der Waals surface area contributed by atoms with Gasteiger partial charge in [-0.05, 0) is 28.1 Å². The van der Waals surface area contributed by atoms with Crippen molar-refractivity contribution in [2.45, 2.75) is 0 Å². The molecule has 0 unspecified atom stereocenters. The van der Waals surface area contributed by atoms with E-state index in [1.807, 2.05) is 0 Å². The van der Waals surface area contributed by atoms with Crippen molar-refractivity contribution in [2.24, 2.45) is 0 Å². The molecule has 0 fully saturated rings. The maximum absolute atomic E-state index is 11.4. The van der Waals surface area contributed by atoms with Crippen molar-refractivity contribution in [3.8, 4) is 0 Å². The van der Waals surface area contributed by atoms with Crippen LogP contribution in [0.5, 0.6) is 0 Å². The molecule has 3 nitrogen and oxygen atoms in total. The van der Waals surface area contributed by atoms with Crippen LogP contribution in [0.15, 0.2) is 22.7 Å². The second-order valence-electron chi connectivity index (χ2n) is 2.83. The molecule has 4 heteroatoms. The molecule has 1 heterocycles. The van der Waals surface area contributed by atoms with Crippen molar-refractivity contribution >= 4 is 33.3 Å². The van der Waals surface area contributed by atoms with Gasteiger partial charge in [0.15, 0.2) is 0 Å². The molecule has 0 saturated heterocycles. The molecular formula is C9H6BrNO2. The highest BCUT2D eigenvalue weighted by atomic mass is 79.9. The lowest BCUT2D eigenvalue weighted by atomic mass is 10.1. The highest BCUT2D eigenvalue weighted by Gasteiger charge is 2.34. The number of rotatable bonds is 0. The topological polar surface area (TPSA) is 37.4 Å². The molecule has 0 aromatic heterocycles. The second-order valence-corrected chi connectivity index (χ2v) is 3.68. The molecule has 13 heavy (non-hydrogen) atoms. The number of Topliss-reactive ketones (excluding diaryl/α,β-unsaturated/α-hetero) is 1. The van der Waals surface area contributed by atoms with Crippen LogP contribution in [0.1, 0.15) is 10.4 Å². The minimum absolute atomic E-state index is 0.440. The Bertz CT molecular complexity index is 414. The van der Waals surface area contributed by atoms with Crippen LogP contribution in [0.4, 0.5) is 5.69 Å². The van der Waals surface area contributed by atoms with Gasteiger partial charge < -0.3 is 4.90 Å². The van der Waals surface area contributed by atoms with E-state index in [-0.39, 0.29) is 0 Å². The number of hydrogen-bond donors (Lipinski definition) is 0. The lowest BCUT2D eigenvalue weighted by Crippen LogP contribution is -2.24. The molecule has 1 aliphatic rings. The Morgan fingerprint density at radius 2 is 2.00 bits per heavy atom. The lowest BCUT2D eigenvalue weighted by Gasteiger charge is -2.07. The minimum atomic E-state index is -0.470. The lowest BCUT2D eigenvalue weighted by molar-refractivity contribution is -0.114. The highest BCUT2D eigenvalue weighted by Crippen LogP contribution is 2.32. The Labute approximate surface area is 83.5 Å². The number of carbonyl (C=O) groups excluding carboxylic acids is 2. The van der Waals surface area contributed by atoms with Crippen LogP contribution in [-0.4, -0.2) is 18.7 Å². The monoisotopic (exact) mass is 239 g/mol. The molecule has 0 atom stereocenters. The van der Waals surface area contributed by atoms with Crippen molar-refractivity contribution < 1.29 is 9.59 Å². The summed E-state index contributed by atoms with van der Waals surface area (Å²) in [6, 6.07) is 5.30. The van der Waals surface area contributed by atoms with Crippen molar-refractivity contribution in [2.75, 3.05) is 11.9 Å². The molecule has 1 aromatic carbocycles. The molecule has 0 spiro atoms. The Morgan fingerprint density at radius 1 is 1.31 bits per heavy atom. The first-order valence-corrected chi connectivity index (χ1v) is 4.53. The fraction of sp³-hybridized carbons (Fsp3) is 0.111. The third-order valence-corrected chi connectivity index (χ3v) is 2.74. The average Bonchev–Trinajstić information content (AvgIpc) is 2.33. The average molecular weight is 240 g/mol. The van der Waals surface area contributed by atoms with E-state index < -0.39 is 11.7 Å². The van der Waals surface area contributed by atoms with Crippen molar-refractivity contribution in [3.05, 3.63) is 28.2 Å². The van der Waals surface area contributed by atoms with Crippen molar-refractivity contribution in [1.29, 1.82) is 0 Å². The second kappa shape index (κ2) is 2.67. The number of benzene rings is 1. The van der Waals surface area contributed by atoms with E-state index in [1.165, 1.54) is 4.90 Å². The number of fused-ring (bicyclic) bond motifs is 1. The summed E-state index contributed by atoms with van der Waals surface area (Å²) < 4.78 is 0.674. The van der Waals surface area contributed by atoms with Crippen molar-refractivity contribution in [3.63, 3.8) is 0 Å². The zero-order valence-electron chi connectivity index (χ0n) is 6.87. The normalized spacial score (nSPS) is 15.1. The van der Waals surface area contributed by atoms with Crippen LogP contribution in [0.2, 0.25) is 0 Å². The molecule has 1 amide bonds. The van der Waals surface area contributed by atoms with E-state index in [2.05, 4.69) is 15.9 Å². The zero-order valence-corrected chi connectivity index (χ0v) is 8.46. The smallest absolute Gasteiger partial charge is 0.299 e. The van der Waals surface area contributed by atoms with Gasteiger partial charge in [0.1, 0.15) is 0 Å². The van der Waals surface area contributed by atoms with Gasteiger partial charge in [0.05, 0.1) is 11.3 Å². The first kappa shape index (κ1) is 8.44. The fourth-order valence-corrected chi connectivity index (χ4v) is 1.92. The predicted molar refractivity (Wildman–Crippen MR) is 51.9 cm³/mol. The number of hydrogen-bond acceptors (Lipinski definition) is 2. The molecule has 0 radical (unpaired) electrons. The number of amides is 1. The quantitative estimate of drug-likeness (QED) is 0.646. The van der Waals surface area contributed by atoms with Crippen LogP contribution >= 0.6 is 15.9 Å². The Hall–Kier alpha value is -1.16. The molecule has 0 saturated carbocycles. The van der Waals surface area contributed by atoms with Gasteiger partial charge in [0.25, 0.3) is 11.7 Å². The van der Waals surface area contributed by atoms with Gasteiger partial charge in [-0.15, -0.1) is 0 Å². The van der Waals surface area contributed by atoms with E-state index >= 15 is 0 Å². The molecule has 1 aliphatic heterocycles. The largest absolute Gasteiger partial charge is 0.308 e. The Kier molecular flexibility index (Phi) is 1.73. The van der Waals surface area contributed by atoms with Crippen LogP contribution in [0, 0.1) is 0 Å². The Balaban J connectivity index is 2.73.